The number of hydrogen-bond donors (Lipinski definition) is 1. The van der Waals surface area contributed by atoms with Gasteiger partial charge in [-0.3, -0.25) is 0 Å². The van der Waals surface area contributed by atoms with E-state index in [9.17, 15) is 5.11 Å². The van der Waals surface area contributed by atoms with Crippen LogP contribution in [0.3, 0.4) is 0 Å². The predicted molar refractivity (Wildman–Crippen MR) is 121 cm³/mol. The van der Waals surface area contributed by atoms with Crippen molar-refractivity contribution < 1.29 is 19.0 Å². The molecule has 1 aliphatic heterocycles. The van der Waals surface area contributed by atoms with Gasteiger partial charge in [0, 0.05) is 0 Å². The van der Waals surface area contributed by atoms with Crippen molar-refractivity contribution in [3.8, 4) is 0 Å². The highest BCUT2D eigenvalue weighted by Gasteiger charge is 2.57. The predicted octanol–water partition coefficient (Wildman–Crippen LogP) is 3.38. The Kier molecular flexibility index (Phi) is 5.32. The van der Waals surface area contributed by atoms with Crippen LogP contribution in [0.15, 0.2) is 72.8 Å². The minimum atomic E-state index is -2.73. The fourth-order valence-electron chi connectivity index (χ4n) is 4.79. The molecule has 160 valence electrons. The zero-order chi connectivity index (χ0) is 21.6. The summed E-state index contributed by atoms with van der Waals surface area (Å²) in [6, 6.07) is 20.9. The van der Waals surface area contributed by atoms with E-state index < -0.39 is 25.8 Å². The fraction of sp³-hybridized carbons (Fsp3) is 0.440. The summed E-state index contributed by atoms with van der Waals surface area (Å²) in [6.07, 6.45) is 2.96. The van der Waals surface area contributed by atoms with Gasteiger partial charge in [0.2, 0.25) is 0 Å². The van der Waals surface area contributed by atoms with Crippen LogP contribution in [-0.2, 0) is 13.9 Å². The molecule has 2 aromatic carbocycles. The molecule has 30 heavy (non-hydrogen) atoms. The van der Waals surface area contributed by atoms with Gasteiger partial charge >= 0.3 is 0 Å². The standard InChI is InChI=1S/C25H32O4Si/c1-23(2,3)30(19-12-8-6-9-13-19,20-14-10-7-11-15-20)27-18-25(26)17-16-21-22(25)29-24(4,5)28-21/h6-17,21-22,26H,18H2,1-5H3/t21-,22-,25+/m0/s1. The highest BCUT2D eigenvalue weighted by molar-refractivity contribution is 6.99. The molecule has 3 atom stereocenters. The second-order valence-electron chi connectivity index (χ2n) is 9.82. The van der Waals surface area contributed by atoms with Crippen LogP contribution in [-0.4, -0.2) is 43.6 Å². The maximum Gasteiger partial charge on any atom is 0.261 e. The van der Waals surface area contributed by atoms with Crippen LogP contribution in [0.2, 0.25) is 5.04 Å². The minimum absolute atomic E-state index is 0.150. The molecule has 2 aromatic rings. The summed E-state index contributed by atoms with van der Waals surface area (Å²) in [5, 5.41) is 13.7. The maximum absolute atomic E-state index is 11.5. The molecule has 0 unspecified atom stereocenters. The molecular formula is C25H32O4Si. The lowest BCUT2D eigenvalue weighted by atomic mass is 10.0. The Labute approximate surface area is 180 Å². The second kappa shape index (κ2) is 7.43. The number of ether oxygens (including phenoxy) is 2. The van der Waals surface area contributed by atoms with Crippen LogP contribution in [0.5, 0.6) is 0 Å². The molecule has 4 rings (SSSR count). The van der Waals surface area contributed by atoms with Crippen LogP contribution in [0, 0.1) is 0 Å². The first-order valence-electron chi connectivity index (χ1n) is 10.6. The zero-order valence-electron chi connectivity index (χ0n) is 18.5. The monoisotopic (exact) mass is 424 g/mol. The highest BCUT2D eigenvalue weighted by atomic mass is 28.4. The normalized spacial score (nSPS) is 27.9. The van der Waals surface area contributed by atoms with E-state index in [-0.39, 0.29) is 17.7 Å². The Hall–Kier alpha value is -1.76. The number of fused-ring (bicyclic) bond motifs is 1. The first-order chi connectivity index (χ1) is 14.1. The molecule has 0 spiro atoms. The van der Waals surface area contributed by atoms with E-state index in [4.69, 9.17) is 13.9 Å². The molecule has 5 heteroatoms. The first-order valence-corrected chi connectivity index (χ1v) is 12.5. The van der Waals surface area contributed by atoms with Gasteiger partial charge in [-0.2, -0.15) is 0 Å². The first kappa shape index (κ1) is 21.5. The lowest BCUT2D eigenvalue weighted by Gasteiger charge is -2.44. The molecule has 1 fully saturated rings. The van der Waals surface area contributed by atoms with Gasteiger partial charge in [0.05, 0.1) is 6.61 Å². The largest absolute Gasteiger partial charge is 0.404 e. The minimum Gasteiger partial charge on any atom is -0.404 e. The van der Waals surface area contributed by atoms with Gasteiger partial charge in [0.25, 0.3) is 8.32 Å². The van der Waals surface area contributed by atoms with E-state index in [1.54, 1.807) is 6.08 Å². The van der Waals surface area contributed by atoms with Gasteiger partial charge in [0.1, 0.15) is 17.8 Å². The summed E-state index contributed by atoms with van der Waals surface area (Å²) in [7, 11) is -2.73. The molecular weight excluding hydrogens is 392 g/mol. The lowest BCUT2D eigenvalue weighted by Crippen LogP contribution is -2.68. The number of rotatable bonds is 5. The average Bonchev–Trinajstić information content (AvgIpc) is 3.17. The molecule has 0 bridgehead atoms. The third kappa shape index (κ3) is 3.59. The van der Waals surface area contributed by atoms with E-state index in [0.717, 1.165) is 0 Å². The number of benzene rings is 2. The van der Waals surface area contributed by atoms with Gasteiger partial charge < -0.3 is 19.0 Å². The third-order valence-electron chi connectivity index (χ3n) is 6.13. The smallest absolute Gasteiger partial charge is 0.261 e. The summed E-state index contributed by atoms with van der Waals surface area (Å²) in [6.45, 7) is 10.6. The molecule has 2 aliphatic rings. The molecule has 0 aromatic heterocycles. The summed E-state index contributed by atoms with van der Waals surface area (Å²) in [4.78, 5) is 0. The van der Waals surface area contributed by atoms with Crippen molar-refractivity contribution in [1.82, 2.24) is 0 Å². The summed E-state index contributed by atoms with van der Waals surface area (Å²) >= 11 is 0. The van der Waals surface area contributed by atoms with Crippen LogP contribution in [0.25, 0.3) is 0 Å². The second-order valence-corrected chi connectivity index (χ2v) is 14.1. The molecule has 1 heterocycles. The Morgan fingerprint density at radius 3 is 1.97 bits per heavy atom. The number of aliphatic hydroxyl groups is 1. The van der Waals surface area contributed by atoms with Crippen LogP contribution in [0.1, 0.15) is 34.6 Å². The molecule has 1 aliphatic carbocycles. The van der Waals surface area contributed by atoms with Gasteiger partial charge in [-0.15, -0.1) is 0 Å². The lowest BCUT2D eigenvalue weighted by molar-refractivity contribution is -0.168. The zero-order valence-corrected chi connectivity index (χ0v) is 19.5. The highest BCUT2D eigenvalue weighted by Crippen LogP contribution is 2.42. The van der Waals surface area contributed by atoms with Gasteiger partial charge in [-0.1, -0.05) is 87.5 Å². The van der Waals surface area contributed by atoms with Crippen LogP contribution >= 0.6 is 0 Å². The van der Waals surface area contributed by atoms with E-state index in [2.05, 4.69) is 69.3 Å². The molecule has 1 N–H and O–H groups in total. The fourth-order valence-corrected chi connectivity index (χ4v) is 9.39. The molecule has 0 radical (unpaired) electrons. The Morgan fingerprint density at radius 1 is 0.933 bits per heavy atom. The molecule has 4 nitrogen and oxygen atoms in total. The van der Waals surface area contributed by atoms with E-state index >= 15 is 0 Å². The molecule has 0 saturated carbocycles. The van der Waals surface area contributed by atoms with Crippen molar-refractivity contribution in [3.05, 3.63) is 72.8 Å². The van der Waals surface area contributed by atoms with Crippen LogP contribution < -0.4 is 10.4 Å². The van der Waals surface area contributed by atoms with Gasteiger partial charge in [-0.25, -0.2) is 0 Å². The summed E-state index contributed by atoms with van der Waals surface area (Å²) in [5.74, 6) is -0.717. The van der Waals surface area contributed by atoms with Gasteiger partial charge in [0.15, 0.2) is 5.79 Å². The Bertz CT molecular complexity index is 864. The topological polar surface area (TPSA) is 47.9 Å². The van der Waals surface area contributed by atoms with Crippen molar-refractivity contribution in [2.45, 2.75) is 63.3 Å². The summed E-state index contributed by atoms with van der Waals surface area (Å²) in [5.41, 5.74) is -1.23. The maximum atomic E-state index is 11.5. The van der Waals surface area contributed by atoms with Crippen molar-refractivity contribution in [3.63, 3.8) is 0 Å². The van der Waals surface area contributed by atoms with Crippen molar-refractivity contribution >= 4 is 18.7 Å². The third-order valence-corrected chi connectivity index (χ3v) is 11.1. The molecule has 0 amide bonds. The summed E-state index contributed by atoms with van der Waals surface area (Å²) < 4.78 is 18.9. The Balaban J connectivity index is 1.74. The van der Waals surface area contributed by atoms with Crippen LogP contribution in [0.4, 0.5) is 0 Å². The number of hydrogen-bond acceptors (Lipinski definition) is 4. The Morgan fingerprint density at radius 2 is 1.47 bits per heavy atom. The van der Waals surface area contributed by atoms with Crippen molar-refractivity contribution in [2.24, 2.45) is 0 Å². The quantitative estimate of drug-likeness (QED) is 0.590. The van der Waals surface area contributed by atoms with Gasteiger partial charge in [-0.05, 0) is 35.3 Å². The van der Waals surface area contributed by atoms with Crippen molar-refractivity contribution in [2.75, 3.05) is 6.61 Å². The van der Waals surface area contributed by atoms with Crippen molar-refractivity contribution in [1.29, 1.82) is 0 Å². The van der Waals surface area contributed by atoms with E-state index in [1.165, 1.54) is 10.4 Å². The van der Waals surface area contributed by atoms with E-state index in [1.807, 2.05) is 32.1 Å². The SMILES string of the molecule is CC1(C)O[C@H]2C=C[C@@](O)(CO[Si](c3ccccc3)(c3ccccc3)C(C)(C)C)[C@H]2O1. The van der Waals surface area contributed by atoms with E-state index in [0.29, 0.717) is 0 Å². The molecule has 1 saturated heterocycles. The average molecular weight is 425 g/mol.